The maximum atomic E-state index is 11.3. The SMILES string of the molecule is CCCCCCCc1ccc(S(=O)(=O)[O-])cc1Oc1ccccc1.[K+]. The fraction of sp³-hybridized carbons (Fsp3) is 0.368. The summed E-state index contributed by atoms with van der Waals surface area (Å²) in [5.74, 6) is 1.05. The van der Waals surface area contributed by atoms with Crippen LogP contribution in [0.2, 0.25) is 0 Å². The summed E-state index contributed by atoms with van der Waals surface area (Å²) in [6.45, 7) is 2.17. The smallest absolute Gasteiger partial charge is 0.744 e. The molecule has 0 atom stereocenters. The van der Waals surface area contributed by atoms with Crippen molar-refractivity contribution >= 4 is 10.1 Å². The molecule has 25 heavy (non-hydrogen) atoms. The molecule has 0 saturated heterocycles. The summed E-state index contributed by atoms with van der Waals surface area (Å²) in [6, 6.07) is 13.5. The van der Waals surface area contributed by atoms with Crippen LogP contribution in [0.25, 0.3) is 0 Å². The molecule has 130 valence electrons. The molecule has 2 rings (SSSR count). The number of rotatable bonds is 9. The molecule has 0 N–H and O–H groups in total. The summed E-state index contributed by atoms with van der Waals surface area (Å²) in [5, 5.41) is 0. The molecule has 0 radical (unpaired) electrons. The van der Waals surface area contributed by atoms with Gasteiger partial charge in [-0.05, 0) is 42.7 Å². The number of aryl methyl sites for hydroxylation is 1. The van der Waals surface area contributed by atoms with E-state index in [2.05, 4.69) is 6.92 Å². The molecule has 6 heteroatoms. The van der Waals surface area contributed by atoms with Gasteiger partial charge < -0.3 is 9.29 Å². The number of unbranched alkanes of at least 4 members (excludes halogenated alkanes) is 4. The van der Waals surface area contributed by atoms with Gasteiger partial charge in [-0.2, -0.15) is 0 Å². The molecule has 0 aliphatic carbocycles. The summed E-state index contributed by atoms with van der Waals surface area (Å²) in [5.41, 5.74) is 0.919. The Morgan fingerprint density at radius 2 is 1.64 bits per heavy atom. The Labute approximate surface area is 193 Å². The van der Waals surface area contributed by atoms with Gasteiger partial charge >= 0.3 is 51.4 Å². The molecule has 0 amide bonds. The summed E-state index contributed by atoms with van der Waals surface area (Å²) in [4.78, 5) is -0.261. The van der Waals surface area contributed by atoms with Crippen LogP contribution in [0.3, 0.4) is 0 Å². The third kappa shape index (κ3) is 7.91. The van der Waals surface area contributed by atoms with E-state index in [9.17, 15) is 13.0 Å². The predicted molar refractivity (Wildman–Crippen MR) is 93.4 cm³/mol. The minimum atomic E-state index is -4.50. The second-order valence-electron chi connectivity index (χ2n) is 5.80. The molecular formula is C19H23KO4S. The van der Waals surface area contributed by atoms with Crippen molar-refractivity contribution in [3.63, 3.8) is 0 Å². The Bertz CT molecular complexity index is 745. The third-order valence-corrected chi connectivity index (χ3v) is 4.68. The van der Waals surface area contributed by atoms with Crippen molar-refractivity contribution in [1.29, 1.82) is 0 Å². The zero-order valence-electron chi connectivity index (χ0n) is 14.9. The van der Waals surface area contributed by atoms with Crippen LogP contribution in [0.4, 0.5) is 0 Å². The Balaban J connectivity index is 0.00000312. The molecule has 0 aromatic heterocycles. The first-order chi connectivity index (χ1) is 11.5. The summed E-state index contributed by atoms with van der Waals surface area (Å²) in [6.07, 6.45) is 6.54. The third-order valence-electron chi connectivity index (χ3n) is 3.85. The number of ether oxygens (including phenoxy) is 1. The van der Waals surface area contributed by atoms with Crippen molar-refractivity contribution in [3.05, 3.63) is 54.1 Å². The number of benzene rings is 2. The molecule has 0 spiro atoms. The number of para-hydroxylation sites is 1. The van der Waals surface area contributed by atoms with Crippen LogP contribution in [0.15, 0.2) is 53.4 Å². The quantitative estimate of drug-likeness (QED) is 0.375. The normalized spacial score (nSPS) is 11.0. The van der Waals surface area contributed by atoms with Crippen LogP contribution in [-0.4, -0.2) is 13.0 Å². The van der Waals surface area contributed by atoms with Gasteiger partial charge in [-0.15, -0.1) is 0 Å². The molecule has 0 heterocycles. The molecule has 4 nitrogen and oxygen atoms in total. The van der Waals surface area contributed by atoms with Gasteiger partial charge in [0.2, 0.25) is 0 Å². The Morgan fingerprint density at radius 3 is 2.28 bits per heavy atom. The Morgan fingerprint density at radius 1 is 0.960 bits per heavy atom. The fourth-order valence-corrected chi connectivity index (χ4v) is 3.01. The van der Waals surface area contributed by atoms with E-state index in [0.29, 0.717) is 11.5 Å². The van der Waals surface area contributed by atoms with Crippen molar-refractivity contribution in [2.75, 3.05) is 0 Å². The molecule has 0 saturated carbocycles. The van der Waals surface area contributed by atoms with Crippen LogP contribution in [0.1, 0.15) is 44.6 Å². The van der Waals surface area contributed by atoms with Gasteiger partial charge in [0.25, 0.3) is 0 Å². The van der Waals surface area contributed by atoms with Crippen LogP contribution in [0, 0.1) is 0 Å². The van der Waals surface area contributed by atoms with E-state index in [-0.39, 0.29) is 56.3 Å². The molecule has 0 bridgehead atoms. The minimum absolute atomic E-state index is 0. The molecule has 0 aliphatic rings. The van der Waals surface area contributed by atoms with Gasteiger partial charge in [0.1, 0.15) is 21.6 Å². The maximum Gasteiger partial charge on any atom is 1.00 e. The van der Waals surface area contributed by atoms with Crippen molar-refractivity contribution in [1.82, 2.24) is 0 Å². The van der Waals surface area contributed by atoms with Gasteiger partial charge in [0.05, 0.1) is 4.90 Å². The van der Waals surface area contributed by atoms with E-state index in [1.165, 1.54) is 31.4 Å². The predicted octanol–water partition coefficient (Wildman–Crippen LogP) is 1.90. The van der Waals surface area contributed by atoms with Gasteiger partial charge in [-0.25, -0.2) is 8.42 Å². The van der Waals surface area contributed by atoms with Crippen molar-refractivity contribution in [2.45, 2.75) is 50.3 Å². The Kier molecular flexibility index (Phi) is 10.5. The van der Waals surface area contributed by atoms with Crippen LogP contribution in [0.5, 0.6) is 11.5 Å². The second kappa shape index (κ2) is 11.5. The molecule has 0 aliphatic heterocycles. The molecule has 2 aromatic rings. The number of hydrogen-bond acceptors (Lipinski definition) is 4. The largest absolute Gasteiger partial charge is 1.00 e. The first-order valence-electron chi connectivity index (χ1n) is 8.32. The molecule has 0 fully saturated rings. The molecular weight excluding hydrogens is 363 g/mol. The fourth-order valence-electron chi connectivity index (χ4n) is 2.53. The van der Waals surface area contributed by atoms with Gasteiger partial charge in [0, 0.05) is 0 Å². The van der Waals surface area contributed by atoms with E-state index < -0.39 is 10.1 Å². The summed E-state index contributed by atoms with van der Waals surface area (Å²) >= 11 is 0. The number of hydrogen-bond donors (Lipinski definition) is 0. The van der Waals surface area contributed by atoms with E-state index in [4.69, 9.17) is 4.74 Å². The van der Waals surface area contributed by atoms with Crippen molar-refractivity contribution in [3.8, 4) is 11.5 Å². The van der Waals surface area contributed by atoms with Gasteiger partial charge in [-0.3, -0.25) is 0 Å². The monoisotopic (exact) mass is 386 g/mol. The maximum absolute atomic E-state index is 11.3. The average molecular weight is 387 g/mol. The topological polar surface area (TPSA) is 66.4 Å². The van der Waals surface area contributed by atoms with Crippen LogP contribution in [-0.2, 0) is 16.5 Å². The summed E-state index contributed by atoms with van der Waals surface area (Å²) < 4.78 is 39.6. The molecule has 0 unspecified atom stereocenters. The van der Waals surface area contributed by atoms with Gasteiger partial charge in [-0.1, -0.05) is 56.9 Å². The summed E-state index contributed by atoms with van der Waals surface area (Å²) in [7, 11) is -4.50. The first kappa shape index (κ1) is 22.8. The van der Waals surface area contributed by atoms with Gasteiger partial charge in [0.15, 0.2) is 0 Å². The minimum Gasteiger partial charge on any atom is -0.744 e. The average Bonchev–Trinajstić information content (AvgIpc) is 2.56. The Hall–Kier alpha value is -0.214. The van der Waals surface area contributed by atoms with E-state index >= 15 is 0 Å². The second-order valence-corrected chi connectivity index (χ2v) is 7.18. The van der Waals surface area contributed by atoms with Crippen LogP contribution >= 0.6 is 0 Å². The van der Waals surface area contributed by atoms with Crippen molar-refractivity contribution < 1.29 is 69.1 Å². The van der Waals surface area contributed by atoms with E-state index in [0.717, 1.165) is 24.8 Å². The zero-order chi connectivity index (χ0) is 17.4. The zero-order valence-corrected chi connectivity index (χ0v) is 18.8. The van der Waals surface area contributed by atoms with Crippen LogP contribution < -0.4 is 56.1 Å². The standard InChI is InChI=1S/C19H24O4S.K/c1-2-3-4-5-7-10-16-13-14-18(24(20,21)22)15-19(16)23-17-11-8-6-9-12-17;/h6,8-9,11-15H,2-5,7,10H2,1H3,(H,20,21,22);/q;+1/p-1. The van der Waals surface area contributed by atoms with Crippen molar-refractivity contribution in [2.24, 2.45) is 0 Å². The first-order valence-corrected chi connectivity index (χ1v) is 9.73. The van der Waals surface area contributed by atoms with E-state index in [1.54, 1.807) is 18.2 Å². The molecule has 2 aromatic carbocycles. The van der Waals surface area contributed by atoms with E-state index in [1.807, 2.05) is 18.2 Å².